The molecule has 1 aromatic heterocycles. The van der Waals surface area contributed by atoms with Gasteiger partial charge in [0.15, 0.2) is 13.9 Å². The maximum absolute atomic E-state index is 9.14. The predicted molar refractivity (Wildman–Crippen MR) is 66.2 cm³/mol. The SMILES string of the molecule is C[C@@](C#N)(/C=C/c1ccco1)O[Si](C)(C)C. The van der Waals surface area contributed by atoms with Crippen LogP contribution in [0.25, 0.3) is 6.08 Å². The van der Waals surface area contributed by atoms with Gasteiger partial charge >= 0.3 is 0 Å². The van der Waals surface area contributed by atoms with Crippen molar-refractivity contribution in [3.05, 3.63) is 30.2 Å². The van der Waals surface area contributed by atoms with E-state index >= 15 is 0 Å². The molecule has 0 aliphatic carbocycles. The van der Waals surface area contributed by atoms with Crippen molar-refractivity contribution in [2.24, 2.45) is 0 Å². The molecule has 1 atom stereocenters. The topological polar surface area (TPSA) is 46.2 Å². The van der Waals surface area contributed by atoms with Crippen LogP contribution in [0.15, 0.2) is 28.9 Å². The molecular weight excluding hydrogens is 218 g/mol. The van der Waals surface area contributed by atoms with Gasteiger partial charge in [0.25, 0.3) is 0 Å². The molecule has 1 rings (SSSR count). The molecule has 1 heterocycles. The van der Waals surface area contributed by atoms with Gasteiger partial charge in [0, 0.05) is 0 Å². The van der Waals surface area contributed by atoms with Crippen LogP contribution in [0.5, 0.6) is 0 Å². The number of hydrogen-bond acceptors (Lipinski definition) is 3. The third-order valence-electron chi connectivity index (χ3n) is 1.85. The minimum Gasteiger partial charge on any atom is -0.465 e. The summed E-state index contributed by atoms with van der Waals surface area (Å²) in [5.41, 5.74) is -0.878. The third-order valence-corrected chi connectivity index (χ3v) is 2.89. The van der Waals surface area contributed by atoms with Crippen LogP contribution in [-0.4, -0.2) is 13.9 Å². The van der Waals surface area contributed by atoms with Crippen molar-refractivity contribution >= 4 is 14.4 Å². The van der Waals surface area contributed by atoms with E-state index in [1.165, 1.54) is 0 Å². The van der Waals surface area contributed by atoms with E-state index in [1.807, 2.05) is 12.1 Å². The van der Waals surface area contributed by atoms with Crippen LogP contribution >= 0.6 is 0 Å². The Balaban J connectivity index is 2.79. The first kappa shape index (κ1) is 12.8. The second kappa shape index (κ2) is 4.68. The van der Waals surface area contributed by atoms with Gasteiger partial charge in [-0.2, -0.15) is 5.26 Å². The van der Waals surface area contributed by atoms with Crippen LogP contribution in [0.2, 0.25) is 19.6 Å². The Morgan fingerprint density at radius 2 is 2.19 bits per heavy atom. The molecule has 86 valence electrons. The first-order chi connectivity index (χ1) is 7.35. The highest BCUT2D eigenvalue weighted by Gasteiger charge is 2.29. The van der Waals surface area contributed by atoms with E-state index < -0.39 is 13.9 Å². The van der Waals surface area contributed by atoms with Crippen molar-refractivity contribution in [3.63, 3.8) is 0 Å². The number of hydrogen-bond donors (Lipinski definition) is 0. The first-order valence-corrected chi connectivity index (χ1v) is 8.60. The molecule has 0 fully saturated rings. The average Bonchev–Trinajstić information content (AvgIpc) is 2.64. The summed E-state index contributed by atoms with van der Waals surface area (Å²) in [6.45, 7) is 7.95. The lowest BCUT2D eigenvalue weighted by molar-refractivity contribution is 0.193. The highest BCUT2D eigenvalue weighted by Crippen LogP contribution is 2.20. The monoisotopic (exact) mass is 235 g/mol. The van der Waals surface area contributed by atoms with Crippen molar-refractivity contribution in [2.75, 3.05) is 0 Å². The van der Waals surface area contributed by atoms with Crippen LogP contribution in [0.4, 0.5) is 0 Å². The molecule has 0 saturated carbocycles. The molecule has 0 spiro atoms. The Bertz CT molecular complexity index is 398. The summed E-state index contributed by atoms with van der Waals surface area (Å²) in [5.74, 6) is 0.723. The van der Waals surface area contributed by atoms with Gasteiger partial charge < -0.3 is 8.84 Å². The average molecular weight is 235 g/mol. The maximum Gasteiger partial charge on any atom is 0.186 e. The van der Waals surface area contributed by atoms with E-state index in [-0.39, 0.29) is 0 Å². The van der Waals surface area contributed by atoms with E-state index in [0.717, 1.165) is 5.76 Å². The van der Waals surface area contributed by atoms with Gasteiger partial charge in [-0.25, -0.2) is 0 Å². The van der Waals surface area contributed by atoms with Gasteiger partial charge in [-0.15, -0.1) is 0 Å². The molecule has 0 saturated heterocycles. The van der Waals surface area contributed by atoms with E-state index in [2.05, 4.69) is 25.7 Å². The summed E-state index contributed by atoms with van der Waals surface area (Å²) in [4.78, 5) is 0. The Hall–Kier alpha value is -1.31. The number of nitriles is 1. The summed E-state index contributed by atoms with van der Waals surface area (Å²) >= 11 is 0. The molecule has 0 aliphatic rings. The van der Waals surface area contributed by atoms with Crippen molar-refractivity contribution in [2.45, 2.75) is 32.2 Å². The Morgan fingerprint density at radius 3 is 2.62 bits per heavy atom. The second-order valence-corrected chi connectivity index (χ2v) is 9.21. The fourth-order valence-corrected chi connectivity index (χ4v) is 2.74. The lowest BCUT2D eigenvalue weighted by Crippen LogP contribution is -2.38. The fraction of sp³-hybridized carbons (Fsp3) is 0.417. The maximum atomic E-state index is 9.14. The highest BCUT2D eigenvalue weighted by atomic mass is 28.4. The summed E-state index contributed by atoms with van der Waals surface area (Å²) in [5, 5.41) is 9.14. The summed E-state index contributed by atoms with van der Waals surface area (Å²) in [6.07, 6.45) is 5.11. The Kier molecular flexibility index (Phi) is 3.73. The van der Waals surface area contributed by atoms with Gasteiger partial charge in [-0.1, -0.05) is 0 Å². The van der Waals surface area contributed by atoms with Crippen LogP contribution in [0.3, 0.4) is 0 Å². The highest BCUT2D eigenvalue weighted by molar-refractivity contribution is 6.69. The zero-order valence-corrected chi connectivity index (χ0v) is 11.2. The lowest BCUT2D eigenvalue weighted by atomic mass is 10.1. The van der Waals surface area contributed by atoms with Crippen molar-refractivity contribution in [1.82, 2.24) is 0 Å². The number of nitrogens with zero attached hydrogens (tertiary/aromatic N) is 1. The minimum absolute atomic E-state index is 0.723. The van der Waals surface area contributed by atoms with Gasteiger partial charge in [0.1, 0.15) is 11.8 Å². The molecule has 1 aromatic rings. The van der Waals surface area contributed by atoms with E-state index in [9.17, 15) is 0 Å². The van der Waals surface area contributed by atoms with Gasteiger partial charge in [-0.05, 0) is 50.8 Å². The van der Waals surface area contributed by atoms with E-state index in [1.54, 1.807) is 25.3 Å². The largest absolute Gasteiger partial charge is 0.465 e. The normalized spacial score (nSPS) is 15.9. The summed E-state index contributed by atoms with van der Waals surface area (Å²) < 4.78 is 11.0. The standard InChI is InChI=1S/C12H17NO2Si/c1-12(10-13,15-16(2,3)4)8-7-11-6-5-9-14-11/h5-9H,1-4H3/b8-7+/t12-/m0/s1. The molecule has 4 heteroatoms. The molecule has 3 nitrogen and oxygen atoms in total. The smallest absolute Gasteiger partial charge is 0.186 e. The molecule has 0 amide bonds. The van der Waals surface area contributed by atoms with E-state index in [0.29, 0.717) is 0 Å². The van der Waals surface area contributed by atoms with Gasteiger partial charge in [0.05, 0.1) is 6.26 Å². The van der Waals surface area contributed by atoms with Crippen molar-refractivity contribution in [1.29, 1.82) is 5.26 Å². The Morgan fingerprint density at radius 1 is 1.50 bits per heavy atom. The molecule has 0 unspecified atom stereocenters. The molecule has 0 radical (unpaired) electrons. The van der Waals surface area contributed by atoms with Gasteiger partial charge in [0.2, 0.25) is 0 Å². The van der Waals surface area contributed by atoms with Crippen LogP contribution in [-0.2, 0) is 4.43 Å². The third kappa shape index (κ3) is 4.05. The van der Waals surface area contributed by atoms with Crippen LogP contribution in [0.1, 0.15) is 12.7 Å². The molecular formula is C12H17NO2Si. The first-order valence-electron chi connectivity index (χ1n) is 5.19. The zero-order chi connectivity index (χ0) is 12.2. The molecule has 16 heavy (non-hydrogen) atoms. The number of rotatable bonds is 4. The Labute approximate surface area is 97.5 Å². The molecule has 0 aliphatic heterocycles. The second-order valence-electron chi connectivity index (χ2n) is 4.78. The quantitative estimate of drug-likeness (QED) is 0.751. The zero-order valence-electron chi connectivity index (χ0n) is 10.2. The van der Waals surface area contributed by atoms with Crippen molar-refractivity contribution in [3.8, 4) is 6.07 Å². The predicted octanol–water partition coefficient (Wildman–Crippen LogP) is 3.43. The summed E-state index contributed by atoms with van der Waals surface area (Å²) in [6, 6.07) is 5.83. The summed E-state index contributed by atoms with van der Waals surface area (Å²) in [7, 11) is -1.74. The number of furan rings is 1. The van der Waals surface area contributed by atoms with Crippen LogP contribution in [0, 0.1) is 11.3 Å². The van der Waals surface area contributed by atoms with E-state index in [4.69, 9.17) is 14.1 Å². The van der Waals surface area contributed by atoms with Gasteiger partial charge in [-0.3, -0.25) is 0 Å². The molecule has 0 aromatic carbocycles. The molecule has 0 bridgehead atoms. The van der Waals surface area contributed by atoms with Crippen LogP contribution < -0.4 is 0 Å². The fourth-order valence-electron chi connectivity index (χ4n) is 1.36. The minimum atomic E-state index is -1.74. The lowest BCUT2D eigenvalue weighted by Gasteiger charge is -2.27. The van der Waals surface area contributed by atoms with Crippen molar-refractivity contribution < 1.29 is 8.84 Å². The molecule has 0 N–H and O–H groups in total.